The number of nitro groups is 1. The number of nitrogens with zero attached hydrogens (tertiary/aromatic N) is 4. The summed E-state index contributed by atoms with van der Waals surface area (Å²) in [5.74, 6) is -0.207. The lowest BCUT2D eigenvalue weighted by atomic mass is 10.1. The van der Waals surface area contributed by atoms with Gasteiger partial charge in [0.2, 0.25) is 0 Å². The van der Waals surface area contributed by atoms with E-state index in [0.29, 0.717) is 68.8 Å². The Morgan fingerprint density at radius 3 is 2.32 bits per heavy atom. The number of thiocarbonyl (C=S) groups is 1. The highest BCUT2D eigenvalue weighted by atomic mass is 32.1. The first kappa shape index (κ1) is 23.9. The molecule has 2 fully saturated rings. The van der Waals surface area contributed by atoms with Crippen molar-refractivity contribution in [1.82, 2.24) is 10.2 Å². The fourth-order valence-electron chi connectivity index (χ4n) is 4.22. The van der Waals surface area contributed by atoms with Gasteiger partial charge in [0, 0.05) is 56.6 Å². The molecule has 0 radical (unpaired) electrons. The maximum Gasteiger partial charge on any atom is 0.292 e. The van der Waals surface area contributed by atoms with Gasteiger partial charge in [0.25, 0.3) is 11.6 Å². The van der Waals surface area contributed by atoms with E-state index in [4.69, 9.17) is 17.0 Å². The lowest BCUT2D eigenvalue weighted by Gasteiger charge is -2.37. The number of hydrogen-bond acceptors (Lipinski definition) is 7. The predicted octanol–water partition coefficient (Wildman–Crippen LogP) is 2.89. The molecule has 2 aliphatic heterocycles. The number of aryl methyl sites for hydroxylation is 2. The minimum Gasteiger partial charge on any atom is -0.378 e. The van der Waals surface area contributed by atoms with E-state index in [2.05, 4.69) is 10.2 Å². The third-order valence-electron chi connectivity index (χ3n) is 6.43. The molecule has 4 rings (SSSR count). The lowest BCUT2D eigenvalue weighted by Crippen LogP contribution is -2.52. The number of piperazine rings is 1. The van der Waals surface area contributed by atoms with E-state index >= 15 is 0 Å². The Hall–Kier alpha value is -3.24. The van der Waals surface area contributed by atoms with E-state index in [1.54, 1.807) is 18.2 Å². The summed E-state index contributed by atoms with van der Waals surface area (Å²) in [5.41, 5.74) is 4.47. The Kier molecular flexibility index (Phi) is 7.28. The Morgan fingerprint density at radius 2 is 1.68 bits per heavy atom. The van der Waals surface area contributed by atoms with Crippen molar-refractivity contribution in [2.24, 2.45) is 0 Å². The molecule has 10 heteroatoms. The van der Waals surface area contributed by atoms with Crippen LogP contribution >= 0.6 is 12.2 Å². The summed E-state index contributed by atoms with van der Waals surface area (Å²) in [6.45, 7) is 9.06. The molecule has 2 aromatic carbocycles. The summed E-state index contributed by atoms with van der Waals surface area (Å²) < 4.78 is 5.40. The molecule has 0 saturated carbocycles. The number of anilines is 2. The van der Waals surface area contributed by atoms with Crippen molar-refractivity contribution in [1.29, 1.82) is 0 Å². The van der Waals surface area contributed by atoms with Crippen LogP contribution in [0.25, 0.3) is 0 Å². The third kappa shape index (κ3) is 5.28. The van der Waals surface area contributed by atoms with Gasteiger partial charge in [-0.05, 0) is 61.5 Å². The van der Waals surface area contributed by atoms with Crippen LogP contribution in [0.3, 0.4) is 0 Å². The van der Waals surface area contributed by atoms with Crippen LogP contribution < -0.4 is 15.1 Å². The minimum absolute atomic E-state index is 0.111. The average molecular weight is 484 g/mol. The van der Waals surface area contributed by atoms with Crippen molar-refractivity contribution in [2.75, 3.05) is 62.3 Å². The van der Waals surface area contributed by atoms with Crippen LogP contribution in [-0.4, -0.2) is 73.3 Å². The predicted molar refractivity (Wildman–Crippen MR) is 136 cm³/mol. The standard InChI is InChI=1S/C24H29N5O4S/c1-17-3-4-19(15-18(17)2)23(30)25-24(34)28-9-7-26(8-10-28)20-5-6-21(29(31)32)22(16-20)27-11-13-33-14-12-27/h3-6,15-16H,7-14H2,1-2H3,(H,25,30,34). The summed E-state index contributed by atoms with van der Waals surface area (Å²) in [4.78, 5) is 30.1. The maximum absolute atomic E-state index is 12.6. The highest BCUT2D eigenvalue weighted by molar-refractivity contribution is 7.80. The second-order valence-electron chi connectivity index (χ2n) is 8.56. The summed E-state index contributed by atoms with van der Waals surface area (Å²) in [7, 11) is 0. The van der Waals surface area contributed by atoms with Crippen LogP contribution in [0.4, 0.5) is 17.1 Å². The second-order valence-corrected chi connectivity index (χ2v) is 8.95. The van der Waals surface area contributed by atoms with Crippen LogP contribution in [0.5, 0.6) is 0 Å². The summed E-state index contributed by atoms with van der Waals surface area (Å²) >= 11 is 5.50. The number of morpholine rings is 1. The summed E-state index contributed by atoms with van der Waals surface area (Å²) in [6, 6.07) is 10.9. The van der Waals surface area contributed by atoms with Crippen molar-refractivity contribution in [3.63, 3.8) is 0 Å². The van der Waals surface area contributed by atoms with Crippen LogP contribution in [0.1, 0.15) is 21.5 Å². The number of carbonyl (C=O) groups is 1. The van der Waals surface area contributed by atoms with Crippen LogP contribution in [0, 0.1) is 24.0 Å². The molecule has 0 atom stereocenters. The Labute approximate surface area is 204 Å². The largest absolute Gasteiger partial charge is 0.378 e. The second kappa shape index (κ2) is 10.4. The lowest BCUT2D eigenvalue weighted by molar-refractivity contribution is -0.384. The number of amides is 1. The molecule has 9 nitrogen and oxygen atoms in total. The molecule has 0 aromatic heterocycles. The number of rotatable bonds is 4. The van der Waals surface area contributed by atoms with Gasteiger partial charge < -0.3 is 19.4 Å². The Morgan fingerprint density at radius 1 is 0.971 bits per heavy atom. The molecule has 2 aliphatic rings. The van der Waals surface area contributed by atoms with Crippen LogP contribution in [0.15, 0.2) is 36.4 Å². The molecule has 2 aromatic rings. The highest BCUT2D eigenvalue weighted by Gasteiger charge is 2.25. The van der Waals surface area contributed by atoms with Crippen molar-refractivity contribution in [2.45, 2.75) is 13.8 Å². The van der Waals surface area contributed by atoms with E-state index in [1.165, 1.54) is 0 Å². The van der Waals surface area contributed by atoms with Gasteiger partial charge in [-0.2, -0.15) is 0 Å². The van der Waals surface area contributed by atoms with Gasteiger partial charge in [-0.3, -0.25) is 20.2 Å². The molecule has 0 bridgehead atoms. The maximum atomic E-state index is 12.6. The van der Waals surface area contributed by atoms with E-state index in [-0.39, 0.29) is 16.5 Å². The zero-order valence-corrected chi connectivity index (χ0v) is 20.3. The normalized spacial score (nSPS) is 16.4. The SMILES string of the molecule is Cc1ccc(C(=O)NC(=S)N2CCN(c3ccc([N+](=O)[O-])c(N4CCOCC4)c3)CC2)cc1C. The van der Waals surface area contributed by atoms with Gasteiger partial charge in [0.1, 0.15) is 5.69 Å². The monoisotopic (exact) mass is 483 g/mol. The van der Waals surface area contributed by atoms with Crippen LogP contribution in [0.2, 0.25) is 0 Å². The number of hydrogen-bond donors (Lipinski definition) is 1. The van der Waals surface area contributed by atoms with Crippen molar-refractivity contribution < 1.29 is 14.5 Å². The van der Waals surface area contributed by atoms with Crippen molar-refractivity contribution in [3.8, 4) is 0 Å². The van der Waals surface area contributed by atoms with Crippen LogP contribution in [-0.2, 0) is 4.74 Å². The topological polar surface area (TPSA) is 91.2 Å². The molecule has 2 saturated heterocycles. The first-order valence-corrected chi connectivity index (χ1v) is 11.8. The van der Waals surface area contributed by atoms with Gasteiger partial charge in [-0.15, -0.1) is 0 Å². The van der Waals surface area contributed by atoms with Gasteiger partial charge >= 0.3 is 0 Å². The zero-order valence-electron chi connectivity index (χ0n) is 19.5. The molecule has 180 valence electrons. The van der Waals surface area contributed by atoms with Gasteiger partial charge in [-0.1, -0.05) is 6.07 Å². The molecule has 1 amide bonds. The molecular weight excluding hydrogens is 454 g/mol. The molecule has 0 spiro atoms. The van der Waals surface area contributed by atoms with Gasteiger partial charge in [0.05, 0.1) is 18.1 Å². The van der Waals surface area contributed by atoms with Gasteiger partial charge in [-0.25, -0.2) is 0 Å². The number of ether oxygens (including phenoxy) is 1. The number of nitrogens with one attached hydrogen (secondary N) is 1. The van der Waals surface area contributed by atoms with E-state index in [9.17, 15) is 14.9 Å². The number of carbonyl (C=O) groups excluding carboxylic acids is 1. The number of benzene rings is 2. The first-order valence-electron chi connectivity index (χ1n) is 11.4. The average Bonchev–Trinajstić information content (AvgIpc) is 2.85. The molecular formula is C24H29N5O4S. The zero-order chi connectivity index (χ0) is 24.2. The Balaban J connectivity index is 1.39. The fraction of sp³-hybridized carbons (Fsp3) is 0.417. The molecule has 2 heterocycles. The Bertz CT molecular complexity index is 1090. The molecule has 0 aliphatic carbocycles. The highest BCUT2D eigenvalue weighted by Crippen LogP contribution is 2.33. The quantitative estimate of drug-likeness (QED) is 0.403. The molecule has 1 N–H and O–H groups in total. The number of nitro benzene ring substituents is 1. The van der Waals surface area contributed by atoms with E-state index in [0.717, 1.165) is 16.8 Å². The minimum atomic E-state index is -0.330. The molecule has 34 heavy (non-hydrogen) atoms. The molecule has 0 unspecified atom stereocenters. The summed E-state index contributed by atoms with van der Waals surface area (Å²) in [6.07, 6.45) is 0. The smallest absolute Gasteiger partial charge is 0.292 e. The summed E-state index contributed by atoms with van der Waals surface area (Å²) in [5, 5.41) is 14.8. The van der Waals surface area contributed by atoms with Crippen molar-refractivity contribution >= 4 is 40.3 Å². The first-order chi connectivity index (χ1) is 16.3. The van der Waals surface area contributed by atoms with E-state index < -0.39 is 0 Å². The third-order valence-corrected chi connectivity index (χ3v) is 6.79. The van der Waals surface area contributed by atoms with E-state index in [1.807, 2.05) is 41.8 Å². The fourth-order valence-corrected chi connectivity index (χ4v) is 4.49. The van der Waals surface area contributed by atoms with Gasteiger partial charge in [0.15, 0.2) is 5.11 Å². The van der Waals surface area contributed by atoms with Crippen molar-refractivity contribution in [3.05, 3.63) is 63.2 Å².